The van der Waals surface area contributed by atoms with E-state index >= 15 is 0 Å². The molecule has 0 radical (unpaired) electrons. The number of nitriles is 1. The van der Waals surface area contributed by atoms with Crippen molar-refractivity contribution >= 4 is 0 Å². The number of hydrogen-bond donors (Lipinski definition) is 1. The first-order valence-corrected chi connectivity index (χ1v) is 8.32. The lowest BCUT2D eigenvalue weighted by atomic mass is 9.96. The Kier molecular flexibility index (Phi) is 9.88. The third kappa shape index (κ3) is 7.87. The molecule has 0 saturated heterocycles. The molecule has 0 saturated carbocycles. The first-order valence-electron chi connectivity index (χ1n) is 8.32. The Hall–Kier alpha value is -0.590. The number of hydrogen-bond acceptors (Lipinski definition) is 3. The maximum Gasteiger partial charge on any atom is 0.104 e. The molecule has 118 valence electrons. The van der Waals surface area contributed by atoms with Gasteiger partial charge in [-0.2, -0.15) is 5.26 Å². The van der Waals surface area contributed by atoms with Gasteiger partial charge in [0.25, 0.3) is 0 Å². The lowest BCUT2D eigenvalue weighted by Gasteiger charge is -2.29. The second kappa shape index (κ2) is 10.2. The minimum absolute atomic E-state index is 0.353. The highest BCUT2D eigenvalue weighted by molar-refractivity contribution is 5.04. The quantitative estimate of drug-likeness (QED) is 0.626. The summed E-state index contributed by atoms with van der Waals surface area (Å²) in [5, 5.41) is 12.7. The van der Waals surface area contributed by atoms with Crippen molar-refractivity contribution in [3.05, 3.63) is 0 Å². The lowest BCUT2D eigenvalue weighted by molar-refractivity contribution is 0.222. The highest BCUT2D eigenvalue weighted by atomic mass is 15.1. The minimum atomic E-state index is -0.386. The van der Waals surface area contributed by atoms with Crippen molar-refractivity contribution in [3.63, 3.8) is 0 Å². The Balaban J connectivity index is 4.20. The van der Waals surface area contributed by atoms with E-state index in [-0.39, 0.29) is 5.54 Å². The van der Waals surface area contributed by atoms with Gasteiger partial charge in [-0.25, -0.2) is 0 Å². The highest BCUT2D eigenvalue weighted by Crippen LogP contribution is 2.15. The van der Waals surface area contributed by atoms with Crippen molar-refractivity contribution in [2.24, 2.45) is 5.92 Å². The van der Waals surface area contributed by atoms with Crippen LogP contribution in [0, 0.1) is 17.2 Å². The summed E-state index contributed by atoms with van der Waals surface area (Å²) in [5.74, 6) is 0.811. The molecule has 1 N–H and O–H groups in total. The predicted octanol–water partition coefficient (Wildman–Crippen LogP) is 3.80. The summed E-state index contributed by atoms with van der Waals surface area (Å²) in [5.41, 5.74) is -0.386. The van der Waals surface area contributed by atoms with Crippen LogP contribution in [-0.2, 0) is 0 Å². The molecule has 0 aromatic heterocycles. The maximum absolute atomic E-state index is 9.35. The molecule has 0 aliphatic rings. The number of nitrogens with zero attached hydrogens (tertiary/aromatic N) is 2. The topological polar surface area (TPSA) is 39.1 Å². The average Bonchev–Trinajstić information content (AvgIpc) is 2.41. The molecule has 20 heavy (non-hydrogen) atoms. The maximum atomic E-state index is 9.35. The fraction of sp³-hybridized carbons (Fsp3) is 0.941. The SMILES string of the molecule is CCC(CC)CN(CC)CCCC(C)(C#N)NC(C)C. The predicted molar refractivity (Wildman–Crippen MR) is 87.7 cm³/mol. The zero-order valence-electron chi connectivity index (χ0n) is 14.5. The molecule has 0 aliphatic carbocycles. The monoisotopic (exact) mass is 281 g/mol. The van der Waals surface area contributed by atoms with Crippen LogP contribution in [0.1, 0.15) is 67.2 Å². The van der Waals surface area contributed by atoms with Gasteiger partial charge < -0.3 is 4.90 Å². The summed E-state index contributed by atoms with van der Waals surface area (Å²) < 4.78 is 0. The standard InChI is InChI=1S/C17H35N3/c1-7-16(8-2)13-20(9-3)12-10-11-17(6,14-18)19-15(4)5/h15-16,19H,7-13H2,1-6H3. The van der Waals surface area contributed by atoms with Crippen molar-refractivity contribution in [2.75, 3.05) is 19.6 Å². The van der Waals surface area contributed by atoms with E-state index in [1.165, 1.54) is 19.4 Å². The Morgan fingerprint density at radius 2 is 1.80 bits per heavy atom. The van der Waals surface area contributed by atoms with Gasteiger partial charge in [0.2, 0.25) is 0 Å². The largest absolute Gasteiger partial charge is 0.303 e. The van der Waals surface area contributed by atoms with Crippen LogP contribution in [0.4, 0.5) is 0 Å². The highest BCUT2D eigenvalue weighted by Gasteiger charge is 2.24. The van der Waals surface area contributed by atoms with Gasteiger partial charge in [-0.15, -0.1) is 0 Å². The van der Waals surface area contributed by atoms with Crippen LogP contribution in [0.2, 0.25) is 0 Å². The van der Waals surface area contributed by atoms with Crippen molar-refractivity contribution in [3.8, 4) is 6.07 Å². The number of nitrogens with one attached hydrogen (secondary N) is 1. The minimum Gasteiger partial charge on any atom is -0.303 e. The average molecular weight is 281 g/mol. The second-order valence-electron chi connectivity index (χ2n) is 6.42. The van der Waals surface area contributed by atoms with Crippen molar-refractivity contribution < 1.29 is 0 Å². The molecule has 0 aliphatic heterocycles. The van der Waals surface area contributed by atoms with Gasteiger partial charge in [-0.1, -0.05) is 33.6 Å². The van der Waals surface area contributed by atoms with Gasteiger partial charge in [0.15, 0.2) is 0 Å². The van der Waals surface area contributed by atoms with Gasteiger partial charge in [0.1, 0.15) is 5.54 Å². The van der Waals surface area contributed by atoms with E-state index in [2.05, 4.69) is 50.9 Å². The molecule has 1 unspecified atom stereocenters. The van der Waals surface area contributed by atoms with E-state index in [0.717, 1.165) is 31.8 Å². The molecule has 0 aromatic rings. The Labute approximate surface area is 126 Å². The third-order valence-corrected chi connectivity index (χ3v) is 4.12. The fourth-order valence-electron chi connectivity index (χ4n) is 2.74. The van der Waals surface area contributed by atoms with Crippen molar-refractivity contribution in [2.45, 2.75) is 78.8 Å². The lowest BCUT2D eigenvalue weighted by Crippen LogP contribution is -2.45. The van der Waals surface area contributed by atoms with E-state index in [1.807, 2.05) is 6.92 Å². The molecule has 0 spiro atoms. The van der Waals surface area contributed by atoms with E-state index < -0.39 is 0 Å². The van der Waals surface area contributed by atoms with E-state index in [9.17, 15) is 5.26 Å². The zero-order valence-corrected chi connectivity index (χ0v) is 14.5. The molecule has 3 nitrogen and oxygen atoms in total. The second-order valence-corrected chi connectivity index (χ2v) is 6.42. The summed E-state index contributed by atoms with van der Waals surface area (Å²) in [6.45, 7) is 16.4. The Morgan fingerprint density at radius 3 is 2.20 bits per heavy atom. The molecule has 0 bridgehead atoms. The van der Waals surface area contributed by atoms with Crippen molar-refractivity contribution in [1.29, 1.82) is 5.26 Å². The summed E-state index contributed by atoms with van der Waals surface area (Å²) in [4.78, 5) is 2.53. The zero-order chi connectivity index (χ0) is 15.6. The van der Waals surface area contributed by atoms with E-state index in [0.29, 0.717) is 6.04 Å². The van der Waals surface area contributed by atoms with Crippen LogP contribution in [-0.4, -0.2) is 36.1 Å². The molecular formula is C17H35N3. The Morgan fingerprint density at radius 1 is 1.20 bits per heavy atom. The molecule has 0 heterocycles. The first kappa shape index (κ1) is 19.4. The molecular weight excluding hydrogens is 246 g/mol. The van der Waals surface area contributed by atoms with Crippen LogP contribution < -0.4 is 5.32 Å². The Bertz CT molecular complexity index is 278. The normalized spacial score (nSPS) is 14.8. The van der Waals surface area contributed by atoms with Crippen LogP contribution in [0.3, 0.4) is 0 Å². The third-order valence-electron chi connectivity index (χ3n) is 4.12. The van der Waals surface area contributed by atoms with Gasteiger partial charge in [0, 0.05) is 12.6 Å². The summed E-state index contributed by atoms with van der Waals surface area (Å²) in [6, 6.07) is 2.79. The van der Waals surface area contributed by atoms with Crippen LogP contribution in [0.25, 0.3) is 0 Å². The molecule has 0 rings (SSSR count). The van der Waals surface area contributed by atoms with Gasteiger partial charge in [-0.3, -0.25) is 5.32 Å². The van der Waals surface area contributed by atoms with Crippen LogP contribution in [0.15, 0.2) is 0 Å². The first-order chi connectivity index (χ1) is 9.40. The molecule has 0 amide bonds. The van der Waals surface area contributed by atoms with Crippen LogP contribution in [0.5, 0.6) is 0 Å². The number of rotatable bonds is 11. The van der Waals surface area contributed by atoms with Crippen molar-refractivity contribution in [1.82, 2.24) is 10.2 Å². The molecule has 0 fully saturated rings. The molecule has 0 aromatic carbocycles. The van der Waals surface area contributed by atoms with Gasteiger partial charge in [-0.05, 0) is 52.6 Å². The van der Waals surface area contributed by atoms with E-state index in [1.54, 1.807) is 0 Å². The summed E-state index contributed by atoms with van der Waals surface area (Å²) >= 11 is 0. The van der Waals surface area contributed by atoms with E-state index in [4.69, 9.17) is 0 Å². The van der Waals surface area contributed by atoms with Crippen LogP contribution >= 0.6 is 0 Å². The molecule has 1 atom stereocenters. The molecule has 3 heteroatoms. The fourth-order valence-corrected chi connectivity index (χ4v) is 2.74. The van der Waals surface area contributed by atoms with Gasteiger partial charge >= 0.3 is 0 Å². The summed E-state index contributed by atoms with van der Waals surface area (Å²) in [6.07, 6.45) is 4.52. The summed E-state index contributed by atoms with van der Waals surface area (Å²) in [7, 11) is 0. The van der Waals surface area contributed by atoms with Gasteiger partial charge in [0.05, 0.1) is 6.07 Å². The smallest absolute Gasteiger partial charge is 0.104 e.